The van der Waals surface area contributed by atoms with E-state index in [2.05, 4.69) is 5.10 Å². The third-order valence-corrected chi connectivity index (χ3v) is 2.38. The summed E-state index contributed by atoms with van der Waals surface area (Å²) in [6, 6.07) is 2.00. The largest absolute Gasteiger partial charge is 0.388 e. The van der Waals surface area contributed by atoms with E-state index in [1.807, 2.05) is 24.6 Å². The Bertz CT molecular complexity index is 309. The van der Waals surface area contributed by atoms with Crippen LogP contribution in [0.1, 0.15) is 17.4 Å². The van der Waals surface area contributed by atoms with Gasteiger partial charge in [-0.1, -0.05) is 0 Å². The van der Waals surface area contributed by atoms with Gasteiger partial charge < -0.3 is 9.84 Å². The second-order valence-electron chi connectivity index (χ2n) is 3.54. The molecule has 72 valence electrons. The maximum Gasteiger partial charge on any atom is 0.104 e. The zero-order chi connectivity index (χ0) is 9.42. The minimum absolute atomic E-state index is 0.00583. The number of rotatable bonds is 1. The Kier molecular flexibility index (Phi) is 2.09. The Balaban J connectivity index is 2.28. The van der Waals surface area contributed by atoms with E-state index in [1.54, 1.807) is 0 Å². The highest BCUT2D eigenvalue weighted by Crippen LogP contribution is 2.20. The number of aromatic nitrogens is 2. The lowest BCUT2D eigenvalue weighted by molar-refractivity contribution is 0.117. The van der Waals surface area contributed by atoms with Gasteiger partial charge in [-0.2, -0.15) is 5.10 Å². The van der Waals surface area contributed by atoms with Crippen LogP contribution in [0.25, 0.3) is 0 Å². The van der Waals surface area contributed by atoms with E-state index in [9.17, 15) is 5.11 Å². The van der Waals surface area contributed by atoms with Crippen molar-refractivity contribution in [2.45, 2.75) is 26.0 Å². The summed E-state index contributed by atoms with van der Waals surface area (Å²) < 4.78 is 7.03. The molecule has 0 aliphatic carbocycles. The predicted molar refractivity (Wildman–Crippen MR) is 47.6 cm³/mol. The zero-order valence-electron chi connectivity index (χ0n) is 7.90. The van der Waals surface area contributed by atoms with E-state index in [0.29, 0.717) is 13.2 Å². The van der Waals surface area contributed by atoms with Crippen LogP contribution in [0.2, 0.25) is 0 Å². The molecular formula is C9H14N2O2. The van der Waals surface area contributed by atoms with E-state index in [-0.39, 0.29) is 6.04 Å². The molecule has 1 aromatic rings. The quantitative estimate of drug-likeness (QED) is 0.685. The van der Waals surface area contributed by atoms with Crippen LogP contribution >= 0.6 is 0 Å². The maximum atomic E-state index is 9.59. The molecule has 4 heteroatoms. The minimum atomic E-state index is -0.419. The highest BCUT2D eigenvalue weighted by Gasteiger charge is 2.29. The van der Waals surface area contributed by atoms with E-state index < -0.39 is 6.10 Å². The summed E-state index contributed by atoms with van der Waals surface area (Å²) in [6.45, 7) is 4.92. The number of hydrogen-bond donors (Lipinski definition) is 1. The fourth-order valence-corrected chi connectivity index (χ4v) is 1.75. The molecule has 0 spiro atoms. The third kappa shape index (κ3) is 1.47. The molecule has 0 aromatic carbocycles. The number of aryl methyl sites for hydroxylation is 2. The predicted octanol–water partition coefficient (Wildman–Crippen LogP) is 0.432. The molecule has 2 rings (SSSR count). The summed E-state index contributed by atoms with van der Waals surface area (Å²) in [5.41, 5.74) is 2.06. The van der Waals surface area contributed by atoms with Gasteiger partial charge in [-0.05, 0) is 19.9 Å². The van der Waals surface area contributed by atoms with Gasteiger partial charge in [0, 0.05) is 5.69 Å². The summed E-state index contributed by atoms with van der Waals surface area (Å²) in [6.07, 6.45) is -0.419. The van der Waals surface area contributed by atoms with Crippen molar-refractivity contribution in [3.8, 4) is 0 Å². The lowest BCUT2D eigenvalue weighted by Crippen LogP contribution is -2.23. The van der Waals surface area contributed by atoms with Gasteiger partial charge in [0.1, 0.15) is 12.1 Å². The van der Waals surface area contributed by atoms with Crippen molar-refractivity contribution < 1.29 is 9.84 Å². The first-order chi connectivity index (χ1) is 6.18. The summed E-state index contributed by atoms with van der Waals surface area (Å²) in [5.74, 6) is 0. The Morgan fingerprint density at radius 3 is 2.77 bits per heavy atom. The Morgan fingerprint density at radius 2 is 2.31 bits per heavy atom. The molecule has 0 unspecified atom stereocenters. The monoisotopic (exact) mass is 182 g/mol. The van der Waals surface area contributed by atoms with Gasteiger partial charge in [0.05, 0.1) is 18.9 Å². The molecule has 4 nitrogen and oxygen atoms in total. The summed E-state index contributed by atoms with van der Waals surface area (Å²) in [5, 5.41) is 13.9. The van der Waals surface area contributed by atoms with Crippen LogP contribution in [0.15, 0.2) is 6.07 Å². The van der Waals surface area contributed by atoms with Crippen molar-refractivity contribution in [3.63, 3.8) is 0 Å². The molecule has 2 atom stereocenters. The van der Waals surface area contributed by atoms with Crippen molar-refractivity contribution >= 4 is 0 Å². The normalized spacial score (nSPS) is 28.2. The zero-order valence-corrected chi connectivity index (χ0v) is 7.90. The summed E-state index contributed by atoms with van der Waals surface area (Å²) in [7, 11) is 0. The lowest BCUT2D eigenvalue weighted by Gasteiger charge is -2.14. The first-order valence-corrected chi connectivity index (χ1v) is 4.47. The van der Waals surface area contributed by atoms with Gasteiger partial charge in [-0.3, -0.25) is 4.68 Å². The molecule has 0 amide bonds. The van der Waals surface area contributed by atoms with Crippen molar-refractivity contribution in [3.05, 3.63) is 17.5 Å². The van der Waals surface area contributed by atoms with Crippen LogP contribution in [-0.4, -0.2) is 34.2 Å². The van der Waals surface area contributed by atoms with E-state index >= 15 is 0 Å². The SMILES string of the molecule is Cc1cc(C)n([C@H]2COC[C@H]2O)n1. The molecule has 0 saturated carbocycles. The van der Waals surface area contributed by atoms with Crippen LogP contribution in [0.4, 0.5) is 0 Å². The minimum Gasteiger partial charge on any atom is -0.388 e. The summed E-state index contributed by atoms with van der Waals surface area (Å²) >= 11 is 0. The van der Waals surface area contributed by atoms with E-state index in [0.717, 1.165) is 11.4 Å². The fourth-order valence-electron chi connectivity index (χ4n) is 1.75. The third-order valence-electron chi connectivity index (χ3n) is 2.38. The Morgan fingerprint density at radius 1 is 1.54 bits per heavy atom. The van der Waals surface area contributed by atoms with Gasteiger partial charge in [-0.15, -0.1) is 0 Å². The lowest BCUT2D eigenvalue weighted by atomic mass is 10.2. The molecule has 13 heavy (non-hydrogen) atoms. The second-order valence-corrected chi connectivity index (χ2v) is 3.54. The Labute approximate surface area is 77.1 Å². The van der Waals surface area contributed by atoms with Gasteiger partial charge in [0.15, 0.2) is 0 Å². The number of ether oxygens (including phenoxy) is 1. The number of nitrogens with zero attached hydrogens (tertiary/aromatic N) is 2. The molecule has 1 fully saturated rings. The van der Waals surface area contributed by atoms with Gasteiger partial charge >= 0.3 is 0 Å². The van der Waals surface area contributed by atoms with E-state index in [4.69, 9.17) is 4.74 Å². The van der Waals surface area contributed by atoms with Gasteiger partial charge in [0.25, 0.3) is 0 Å². The molecule has 0 radical (unpaired) electrons. The van der Waals surface area contributed by atoms with Crippen LogP contribution in [0.5, 0.6) is 0 Å². The standard InChI is InChI=1S/C9H14N2O2/c1-6-3-7(2)11(10-6)8-4-13-5-9(8)12/h3,8-9,12H,4-5H2,1-2H3/t8-,9+/m0/s1. The van der Waals surface area contributed by atoms with Crippen molar-refractivity contribution in [1.29, 1.82) is 0 Å². The van der Waals surface area contributed by atoms with Crippen LogP contribution < -0.4 is 0 Å². The molecular weight excluding hydrogens is 168 g/mol. The average molecular weight is 182 g/mol. The van der Waals surface area contributed by atoms with E-state index in [1.165, 1.54) is 0 Å². The van der Waals surface area contributed by atoms with Crippen molar-refractivity contribution in [2.75, 3.05) is 13.2 Å². The Hall–Kier alpha value is -0.870. The first-order valence-electron chi connectivity index (χ1n) is 4.47. The molecule has 2 heterocycles. The maximum absolute atomic E-state index is 9.59. The highest BCUT2D eigenvalue weighted by atomic mass is 16.5. The van der Waals surface area contributed by atoms with Crippen LogP contribution in [-0.2, 0) is 4.74 Å². The van der Waals surface area contributed by atoms with Gasteiger partial charge in [-0.25, -0.2) is 0 Å². The number of hydrogen-bond acceptors (Lipinski definition) is 3. The fraction of sp³-hybridized carbons (Fsp3) is 0.667. The molecule has 1 aliphatic heterocycles. The first kappa shape index (κ1) is 8.72. The highest BCUT2D eigenvalue weighted by molar-refractivity contribution is 5.08. The van der Waals surface area contributed by atoms with Crippen LogP contribution in [0, 0.1) is 13.8 Å². The number of aliphatic hydroxyl groups is 1. The molecule has 0 bridgehead atoms. The average Bonchev–Trinajstić information content (AvgIpc) is 2.58. The van der Waals surface area contributed by atoms with Crippen LogP contribution in [0.3, 0.4) is 0 Å². The number of aliphatic hydroxyl groups excluding tert-OH is 1. The molecule has 1 N–H and O–H groups in total. The topological polar surface area (TPSA) is 47.3 Å². The smallest absolute Gasteiger partial charge is 0.104 e. The van der Waals surface area contributed by atoms with Crippen molar-refractivity contribution in [2.24, 2.45) is 0 Å². The second kappa shape index (κ2) is 3.12. The molecule has 1 saturated heterocycles. The van der Waals surface area contributed by atoms with Crippen molar-refractivity contribution in [1.82, 2.24) is 9.78 Å². The summed E-state index contributed by atoms with van der Waals surface area (Å²) in [4.78, 5) is 0. The molecule has 1 aliphatic rings. The van der Waals surface area contributed by atoms with Gasteiger partial charge in [0.2, 0.25) is 0 Å². The molecule has 1 aromatic heterocycles.